The molecule has 8 nitrogen and oxygen atoms in total. The van der Waals surface area contributed by atoms with E-state index in [1.54, 1.807) is 11.7 Å². The highest BCUT2D eigenvalue weighted by Gasteiger charge is 2.18. The monoisotopic (exact) mass is 349 g/mol. The molecule has 1 atom stereocenters. The Morgan fingerprint density at radius 3 is 2.71 bits per heavy atom. The first-order valence-electron chi connectivity index (χ1n) is 7.36. The summed E-state index contributed by atoms with van der Waals surface area (Å²) in [5, 5.41) is 14.6. The van der Waals surface area contributed by atoms with Gasteiger partial charge in [0.1, 0.15) is 0 Å². The van der Waals surface area contributed by atoms with E-state index in [9.17, 15) is 9.59 Å². The third kappa shape index (κ3) is 5.34. The van der Waals surface area contributed by atoms with Crippen molar-refractivity contribution >= 4 is 23.6 Å². The van der Waals surface area contributed by atoms with E-state index >= 15 is 0 Å². The minimum Gasteiger partial charge on any atom is -0.469 e. The lowest BCUT2D eigenvalue weighted by atomic mass is 10.0. The van der Waals surface area contributed by atoms with E-state index in [4.69, 9.17) is 4.74 Å². The lowest BCUT2D eigenvalue weighted by molar-refractivity contribution is -0.141. The molecule has 24 heavy (non-hydrogen) atoms. The van der Waals surface area contributed by atoms with Crippen molar-refractivity contribution in [2.45, 2.75) is 24.0 Å². The second-order valence-electron chi connectivity index (χ2n) is 4.99. The van der Waals surface area contributed by atoms with Crippen molar-refractivity contribution in [2.24, 2.45) is 7.05 Å². The van der Waals surface area contributed by atoms with Crippen LogP contribution in [-0.2, 0) is 21.4 Å². The van der Waals surface area contributed by atoms with E-state index in [0.29, 0.717) is 17.3 Å². The molecule has 9 heteroatoms. The van der Waals surface area contributed by atoms with Gasteiger partial charge in [0.05, 0.1) is 19.6 Å². The van der Waals surface area contributed by atoms with Crippen molar-refractivity contribution in [3.63, 3.8) is 0 Å². The van der Waals surface area contributed by atoms with Gasteiger partial charge in [-0.3, -0.25) is 9.59 Å². The Labute approximate surface area is 144 Å². The predicted octanol–water partition coefficient (Wildman–Crippen LogP) is 1.11. The molecule has 0 unspecified atom stereocenters. The lowest BCUT2D eigenvalue weighted by Gasteiger charge is -2.18. The van der Waals surface area contributed by atoms with Crippen LogP contribution in [0.3, 0.4) is 0 Å². The summed E-state index contributed by atoms with van der Waals surface area (Å²) < 4.78 is 6.26. The first-order valence-corrected chi connectivity index (χ1v) is 8.35. The number of benzene rings is 1. The van der Waals surface area contributed by atoms with Gasteiger partial charge < -0.3 is 10.1 Å². The smallest absolute Gasteiger partial charge is 0.307 e. The van der Waals surface area contributed by atoms with E-state index in [1.807, 2.05) is 30.3 Å². The lowest BCUT2D eigenvalue weighted by Crippen LogP contribution is -2.30. The molecule has 1 heterocycles. The fourth-order valence-corrected chi connectivity index (χ4v) is 2.82. The molecule has 2 rings (SSSR count). The summed E-state index contributed by atoms with van der Waals surface area (Å²) in [5.74, 6) is 0.0267. The molecule has 0 bridgehead atoms. The number of amides is 1. The second kappa shape index (κ2) is 9.02. The molecule has 0 saturated heterocycles. The summed E-state index contributed by atoms with van der Waals surface area (Å²) in [4.78, 5) is 23.8. The van der Waals surface area contributed by atoms with E-state index in [-0.39, 0.29) is 18.3 Å². The highest BCUT2D eigenvalue weighted by atomic mass is 32.2. The fraction of sp³-hybridized carbons (Fsp3) is 0.400. The van der Waals surface area contributed by atoms with Gasteiger partial charge in [0.25, 0.3) is 0 Å². The average molecular weight is 349 g/mol. The number of hydrogen-bond donors (Lipinski definition) is 1. The van der Waals surface area contributed by atoms with Crippen molar-refractivity contribution in [2.75, 3.05) is 12.9 Å². The number of tetrazole rings is 1. The molecule has 0 aliphatic carbocycles. The Balaban J connectivity index is 1.89. The molecule has 0 aliphatic heterocycles. The third-order valence-corrected chi connectivity index (χ3v) is 4.29. The molecule has 0 aliphatic rings. The highest BCUT2D eigenvalue weighted by Crippen LogP contribution is 2.18. The van der Waals surface area contributed by atoms with Crippen molar-refractivity contribution in [3.8, 4) is 0 Å². The van der Waals surface area contributed by atoms with Gasteiger partial charge in [-0.1, -0.05) is 42.1 Å². The third-order valence-electron chi connectivity index (χ3n) is 3.28. The number of aromatic nitrogens is 4. The van der Waals surface area contributed by atoms with Crippen LogP contribution in [0, 0.1) is 0 Å². The van der Waals surface area contributed by atoms with Crippen LogP contribution in [0.4, 0.5) is 0 Å². The van der Waals surface area contributed by atoms with Gasteiger partial charge in [0.15, 0.2) is 0 Å². The largest absolute Gasteiger partial charge is 0.469 e. The topological polar surface area (TPSA) is 99.0 Å². The molecule has 1 aromatic heterocycles. The van der Waals surface area contributed by atoms with Gasteiger partial charge in [-0.25, -0.2) is 4.68 Å². The van der Waals surface area contributed by atoms with E-state index in [0.717, 1.165) is 5.56 Å². The molecule has 0 radical (unpaired) electrons. The first-order chi connectivity index (χ1) is 11.6. The molecular weight excluding hydrogens is 330 g/mol. The number of hydrogen-bond acceptors (Lipinski definition) is 7. The van der Waals surface area contributed by atoms with E-state index in [2.05, 4.69) is 20.8 Å². The first kappa shape index (κ1) is 17.9. The Hall–Kier alpha value is -2.42. The molecular formula is C15H19N5O3S. The Bertz CT molecular complexity index is 677. The van der Waals surface area contributed by atoms with Gasteiger partial charge in [0.2, 0.25) is 11.1 Å². The molecule has 0 saturated carbocycles. The number of thioether (sulfide) groups is 1. The van der Waals surface area contributed by atoms with Crippen molar-refractivity contribution < 1.29 is 14.3 Å². The number of rotatable bonds is 8. The van der Waals surface area contributed by atoms with Crippen molar-refractivity contribution in [1.82, 2.24) is 25.5 Å². The number of ether oxygens (including phenoxy) is 1. The minimum absolute atomic E-state index is 0.0899. The summed E-state index contributed by atoms with van der Waals surface area (Å²) >= 11 is 1.40. The van der Waals surface area contributed by atoms with Gasteiger partial charge in [0, 0.05) is 19.2 Å². The molecule has 128 valence electrons. The summed E-state index contributed by atoms with van der Waals surface area (Å²) in [5.41, 5.74) is 0.862. The maximum absolute atomic E-state index is 12.2. The molecule has 1 aromatic carbocycles. The number of esters is 1. The standard InChI is InChI=1S/C15H19N5O3S/c1-20-15(17-18-19-20)24-9-8-13(21)16-12(10-14(22)23-2)11-6-4-3-5-7-11/h3-7,12H,8-10H2,1-2H3,(H,16,21)/t12-/m0/s1. The minimum atomic E-state index is -0.410. The summed E-state index contributed by atoms with van der Waals surface area (Å²) in [6.07, 6.45) is 0.384. The van der Waals surface area contributed by atoms with Crippen LogP contribution in [0.5, 0.6) is 0 Å². The Morgan fingerprint density at radius 1 is 1.33 bits per heavy atom. The van der Waals surface area contributed by atoms with Gasteiger partial charge >= 0.3 is 5.97 Å². The average Bonchev–Trinajstić information content (AvgIpc) is 3.00. The van der Waals surface area contributed by atoms with Crippen LogP contribution < -0.4 is 5.32 Å². The molecule has 2 aromatic rings. The Morgan fingerprint density at radius 2 is 2.08 bits per heavy atom. The number of aryl methyl sites for hydroxylation is 1. The maximum Gasteiger partial charge on any atom is 0.307 e. The maximum atomic E-state index is 12.2. The van der Waals surface area contributed by atoms with Crippen LogP contribution in [0.2, 0.25) is 0 Å². The summed E-state index contributed by atoms with van der Waals surface area (Å²) in [7, 11) is 3.07. The van der Waals surface area contributed by atoms with Crippen LogP contribution in [-0.4, -0.2) is 44.9 Å². The molecule has 1 N–H and O–H groups in total. The molecule has 0 spiro atoms. The van der Waals surface area contributed by atoms with Gasteiger partial charge in [-0.2, -0.15) is 0 Å². The highest BCUT2D eigenvalue weighted by molar-refractivity contribution is 7.99. The number of methoxy groups -OCH3 is 1. The zero-order valence-electron chi connectivity index (χ0n) is 13.5. The number of carbonyl (C=O) groups excluding carboxylic acids is 2. The van der Waals surface area contributed by atoms with Gasteiger partial charge in [-0.05, 0) is 16.0 Å². The van der Waals surface area contributed by atoms with Crippen LogP contribution in [0.25, 0.3) is 0 Å². The molecule has 1 amide bonds. The van der Waals surface area contributed by atoms with Crippen LogP contribution >= 0.6 is 11.8 Å². The normalized spacial score (nSPS) is 11.8. The SMILES string of the molecule is COC(=O)C[C@H](NC(=O)CCSc1nnnn1C)c1ccccc1. The van der Waals surface area contributed by atoms with Crippen LogP contribution in [0.1, 0.15) is 24.4 Å². The summed E-state index contributed by atoms with van der Waals surface area (Å²) in [6.45, 7) is 0. The number of nitrogens with zero attached hydrogens (tertiary/aromatic N) is 4. The number of carbonyl (C=O) groups is 2. The van der Waals surface area contributed by atoms with Gasteiger partial charge in [-0.15, -0.1) is 5.10 Å². The zero-order valence-corrected chi connectivity index (χ0v) is 14.3. The molecule has 0 fully saturated rings. The van der Waals surface area contributed by atoms with E-state index in [1.165, 1.54) is 18.9 Å². The second-order valence-corrected chi connectivity index (χ2v) is 6.06. The van der Waals surface area contributed by atoms with Crippen molar-refractivity contribution in [3.05, 3.63) is 35.9 Å². The predicted molar refractivity (Wildman–Crippen MR) is 88.1 cm³/mol. The zero-order chi connectivity index (χ0) is 17.4. The Kier molecular flexibility index (Phi) is 6.74. The van der Waals surface area contributed by atoms with Crippen LogP contribution in [0.15, 0.2) is 35.5 Å². The summed E-state index contributed by atoms with van der Waals surface area (Å²) in [6, 6.07) is 8.94. The quantitative estimate of drug-likeness (QED) is 0.563. The van der Waals surface area contributed by atoms with Crippen molar-refractivity contribution in [1.29, 1.82) is 0 Å². The fourth-order valence-electron chi connectivity index (χ4n) is 2.03. The number of nitrogens with one attached hydrogen (secondary N) is 1. The van der Waals surface area contributed by atoms with E-state index < -0.39 is 6.04 Å².